The van der Waals surface area contributed by atoms with Crippen molar-refractivity contribution in [2.24, 2.45) is 0 Å². The molecule has 0 saturated carbocycles. The Balaban J connectivity index is 1.30. The summed E-state index contributed by atoms with van der Waals surface area (Å²) in [5, 5.41) is 18.6. The monoisotopic (exact) mass is 495 g/mol. The fourth-order valence-corrected chi connectivity index (χ4v) is 4.32. The van der Waals surface area contributed by atoms with Crippen molar-refractivity contribution >= 4 is 17.3 Å². The molecule has 1 N–H and O–H groups in total. The summed E-state index contributed by atoms with van der Waals surface area (Å²) < 4.78 is 18.8. The number of hydrogen-bond acceptors (Lipinski definition) is 6. The smallest absolute Gasteiger partial charge is 0.270 e. The quantitative estimate of drug-likeness (QED) is 0.253. The van der Waals surface area contributed by atoms with Gasteiger partial charge in [0.25, 0.3) is 11.6 Å². The molecular formula is C26H30FN5O4. The maximum atomic E-state index is 13.4. The number of nitro benzene ring substituents is 1. The number of amides is 1. The van der Waals surface area contributed by atoms with Gasteiger partial charge in [-0.2, -0.15) is 5.10 Å². The average Bonchev–Trinajstić information content (AvgIpc) is 3.37. The maximum Gasteiger partial charge on any atom is 0.270 e. The van der Waals surface area contributed by atoms with Crippen molar-refractivity contribution in [3.05, 3.63) is 75.7 Å². The van der Waals surface area contributed by atoms with Gasteiger partial charge in [-0.3, -0.25) is 20.0 Å². The summed E-state index contributed by atoms with van der Waals surface area (Å²) in [7, 11) is 1.73. The standard InChI is InChI=1S/C26H30FN5O4/c1-30(11-4-2-3-8-21-17-24(29-28-21)19-6-5-7-20(27)16-19)26(33)23-18-22(32(34)35)9-10-25(23)31-12-14-36-15-13-31/h5-7,9-10,16-18H,2-4,8,11-15H2,1H3,(H,28,29). The number of aromatic amines is 1. The van der Waals surface area contributed by atoms with Crippen LogP contribution in [-0.4, -0.2) is 65.8 Å². The van der Waals surface area contributed by atoms with Gasteiger partial charge in [0.05, 0.1) is 35.1 Å². The molecule has 0 aliphatic carbocycles. The minimum absolute atomic E-state index is 0.0964. The first-order valence-electron chi connectivity index (χ1n) is 12.1. The van der Waals surface area contributed by atoms with E-state index in [1.165, 1.54) is 24.3 Å². The van der Waals surface area contributed by atoms with Gasteiger partial charge in [0.2, 0.25) is 0 Å². The fraction of sp³-hybridized carbons (Fsp3) is 0.385. The number of rotatable bonds is 10. The van der Waals surface area contributed by atoms with Crippen LogP contribution in [0.3, 0.4) is 0 Å². The molecule has 0 unspecified atom stereocenters. The summed E-state index contributed by atoms with van der Waals surface area (Å²) in [6.07, 6.45) is 3.40. The van der Waals surface area contributed by atoms with E-state index in [9.17, 15) is 19.3 Å². The summed E-state index contributed by atoms with van der Waals surface area (Å²) in [5.41, 5.74) is 3.37. The van der Waals surface area contributed by atoms with Crippen molar-refractivity contribution in [3.63, 3.8) is 0 Å². The van der Waals surface area contributed by atoms with Crippen LogP contribution in [0, 0.1) is 15.9 Å². The number of morpholine rings is 1. The minimum Gasteiger partial charge on any atom is -0.378 e. The number of non-ortho nitro benzene ring substituents is 1. The molecule has 1 fully saturated rings. The molecule has 36 heavy (non-hydrogen) atoms. The van der Waals surface area contributed by atoms with Crippen molar-refractivity contribution in [1.29, 1.82) is 0 Å². The van der Waals surface area contributed by atoms with Crippen LogP contribution in [0.4, 0.5) is 15.8 Å². The number of carbonyl (C=O) groups is 1. The first kappa shape index (κ1) is 25.3. The number of H-pyrrole nitrogens is 1. The van der Waals surface area contributed by atoms with Crippen molar-refractivity contribution in [2.45, 2.75) is 25.7 Å². The highest BCUT2D eigenvalue weighted by molar-refractivity contribution is 6.00. The molecule has 9 nitrogen and oxygen atoms in total. The van der Waals surface area contributed by atoms with E-state index < -0.39 is 4.92 Å². The van der Waals surface area contributed by atoms with Gasteiger partial charge in [-0.1, -0.05) is 18.6 Å². The van der Waals surface area contributed by atoms with Gasteiger partial charge in [0.1, 0.15) is 5.82 Å². The molecule has 1 aliphatic rings. The number of nitrogens with zero attached hydrogens (tertiary/aromatic N) is 4. The van der Waals surface area contributed by atoms with Crippen molar-refractivity contribution in [2.75, 3.05) is 44.8 Å². The van der Waals surface area contributed by atoms with Crippen LogP contribution < -0.4 is 4.90 Å². The van der Waals surface area contributed by atoms with Gasteiger partial charge in [-0.25, -0.2) is 4.39 Å². The highest BCUT2D eigenvalue weighted by Crippen LogP contribution is 2.27. The molecule has 190 valence electrons. The number of ether oxygens (including phenoxy) is 1. The number of nitrogens with one attached hydrogen (secondary N) is 1. The van der Waals surface area contributed by atoms with Crippen molar-refractivity contribution < 1.29 is 18.8 Å². The van der Waals surface area contributed by atoms with Crippen molar-refractivity contribution in [3.8, 4) is 11.3 Å². The van der Waals surface area contributed by atoms with Crippen LogP contribution in [0.1, 0.15) is 35.3 Å². The average molecular weight is 496 g/mol. The number of anilines is 1. The second-order valence-corrected chi connectivity index (χ2v) is 8.88. The molecule has 0 atom stereocenters. The first-order valence-corrected chi connectivity index (χ1v) is 12.1. The number of halogens is 1. The highest BCUT2D eigenvalue weighted by atomic mass is 19.1. The van der Waals surface area contributed by atoms with Gasteiger partial charge >= 0.3 is 0 Å². The zero-order valence-electron chi connectivity index (χ0n) is 20.3. The number of benzene rings is 2. The van der Waals surface area contributed by atoms with Gasteiger partial charge in [-0.05, 0) is 43.5 Å². The summed E-state index contributed by atoms with van der Waals surface area (Å²) >= 11 is 0. The van der Waals surface area contributed by atoms with Crippen LogP contribution in [0.5, 0.6) is 0 Å². The normalized spacial score (nSPS) is 13.6. The lowest BCUT2D eigenvalue weighted by Gasteiger charge is -2.31. The number of hydrogen-bond donors (Lipinski definition) is 1. The summed E-state index contributed by atoms with van der Waals surface area (Å²) in [4.78, 5) is 27.7. The Labute approximate surface area is 209 Å². The molecule has 4 rings (SSSR count). The van der Waals surface area contributed by atoms with Gasteiger partial charge in [0, 0.05) is 50.1 Å². The zero-order valence-corrected chi connectivity index (χ0v) is 20.3. The van der Waals surface area contributed by atoms with Gasteiger partial charge in [0.15, 0.2) is 0 Å². The Hall–Kier alpha value is -3.79. The third-order valence-electron chi connectivity index (χ3n) is 6.31. The molecule has 0 spiro atoms. The number of aromatic nitrogens is 2. The van der Waals surface area contributed by atoms with E-state index in [4.69, 9.17) is 4.74 Å². The third kappa shape index (κ3) is 6.25. The fourth-order valence-electron chi connectivity index (χ4n) is 4.32. The predicted octanol–water partition coefficient (Wildman–Crippen LogP) is 4.45. The molecule has 2 heterocycles. The van der Waals surface area contributed by atoms with E-state index in [0.717, 1.165) is 36.9 Å². The molecule has 2 aromatic carbocycles. The topological polar surface area (TPSA) is 105 Å². The molecule has 10 heteroatoms. The number of carbonyl (C=O) groups excluding carboxylic acids is 1. The SMILES string of the molecule is CN(CCCCCc1cc(-c2cccc(F)c2)n[nH]1)C(=O)c1cc([N+](=O)[O-])ccc1N1CCOCC1. The maximum absolute atomic E-state index is 13.4. The van der Waals surface area contributed by atoms with E-state index in [-0.39, 0.29) is 17.4 Å². The second kappa shape index (κ2) is 11.8. The summed E-state index contributed by atoms with van der Waals surface area (Å²) in [6.45, 7) is 2.93. The molecule has 3 aromatic rings. The highest BCUT2D eigenvalue weighted by Gasteiger charge is 2.24. The molecule has 1 aromatic heterocycles. The molecule has 1 saturated heterocycles. The summed E-state index contributed by atoms with van der Waals surface area (Å²) in [5.74, 6) is -0.522. The van der Waals surface area contributed by atoms with E-state index >= 15 is 0 Å². The minimum atomic E-state index is -0.477. The Morgan fingerprint density at radius 1 is 1.17 bits per heavy atom. The predicted molar refractivity (Wildman–Crippen MR) is 135 cm³/mol. The lowest BCUT2D eigenvalue weighted by molar-refractivity contribution is -0.384. The molecule has 1 amide bonds. The van der Waals surface area contributed by atoms with E-state index in [2.05, 4.69) is 10.2 Å². The molecule has 1 aliphatic heterocycles. The van der Waals surface area contributed by atoms with Crippen LogP contribution >= 0.6 is 0 Å². The zero-order chi connectivity index (χ0) is 25.5. The lowest BCUT2D eigenvalue weighted by Crippen LogP contribution is -2.38. The second-order valence-electron chi connectivity index (χ2n) is 8.88. The molecular weight excluding hydrogens is 465 g/mol. The van der Waals surface area contributed by atoms with E-state index in [1.807, 2.05) is 17.0 Å². The Morgan fingerprint density at radius 3 is 2.72 bits per heavy atom. The number of aryl methyl sites for hydroxylation is 1. The Kier molecular flexibility index (Phi) is 8.27. The Morgan fingerprint density at radius 2 is 1.97 bits per heavy atom. The van der Waals surface area contributed by atoms with Gasteiger partial charge in [-0.15, -0.1) is 0 Å². The first-order chi connectivity index (χ1) is 17.4. The molecule has 0 bridgehead atoms. The van der Waals surface area contributed by atoms with Crippen molar-refractivity contribution in [1.82, 2.24) is 15.1 Å². The van der Waals surface area contributed by atoms with Crippen LogP contribution in [0.25, 0.3) is 11.3 Å². The van der Waals surface area contributed by atoms with Gasteiger partial charge < -0.3 is 14.5 Å². The lowest BCUT2D eigenvalue weighted by atomic mass is 10.1. The van der Waals surface area contributed by atoms with Crippen LogP contribution in [0.15, 0.2) is 48.5 Å². The number of nitro groups is 1. The van der Waals surface area contributed by atoms with Crippen LogP contribution in [-0.2, 0) is 11.2 Å². The Bertz CT molecular complexity index is 1210. The third-order valence-corrected chi connectivity index (χ3v) is 6.31. The van der Waals surface area contributed by atoms with E-state index in [0.29, 0.717) is 49.8 Å². The van der Waals surface area contributed by atoms with E-state index in [1.54, 1.807) is 24.1 Å². The molecule has 0 radical (unpaired) electrons. The summed E-state index contributed by atoms with van der Waals surface area (Å²) in [6, 6.07) is 12.7. The number of unbranched alkanes of at least 4 members (excludes halogenated alkanes) is 2. The van der Waals surface area contributed by atoms with Crippen LogP contribution in [0.2, 0.25) is 0 Å². The largest absolute Gasteiger partial charge is 0.378 e.